The summed E-state index contributed by atoms with van der Waals surface area (Å²) in [6, 6.07) is 0. The molecule has 0 saturated heterocycles. The Labute approximate surface area is 145 Å². The first-order valence-corrected chi connectivity index (χ1v) is 9.38. The molecule has 0 aromatic rings. The van der Waals surface area contributed by atoms with Crippen molar-refractivity contribution in [3.63, 3.8) is 0 Å². The van der Waals surface area contributed by atoms with Crippen LogP contribution in [-0.2, 0) is 0 Å². The predicted molar refractivity (Wildman–Crippen MR) is 90.2 cm³/mol. The van der Waals surface area contributed by atoms with E-state index >= 15 is 0 Å². The Hall–Kier alpha value is 0.170. The topological polar surface area (TPSA) is 40.5 Å². The number of hydrogen-bond acceptors (Lipinski definition) is 2. The summed E-state index contributed by atoms with van der Waals surface area (Å²) < 4.78 is -0.151. The van der Waals surface area contributed by atoms with Gasteiger partial charge in [-0.2, -0.15) is 4.65 Å². The lowest BCUT2D eigenvalue weighted by Gasteiger charge is -2.33. The SMILES string of the molecule is CCCCCCCC[N+](O)(CC)C(O)CCCCCCC.[Cl-]. The number of hydrogen-bond donors (Lipinski definition) is 2. The maximum absolute atomic E-state index is 10.6. The van der Waals surface area contributed by atoms with Crippen LogP contribution < -0.4 is 12.4 Å². The number of halogens is 1. The van der Waals surface area contributed by atoms with Gasteiger partial charge in [0.05, 0.1) is 0 Å². The lowest BCUT2D eigenvalue weighted by molar-refractivity contribution is -1.13. The van der Waals surface area contributed by atoms with Gasteiger partial charge in [0.2, 0.25) is 6.23 Å². The molecule has 0 aromatic carbocycles. The van der Waals surface area contributed by atoms with E-state index in [0.717, 1.165) is 19.3 Å². The van der Waals surface area contributed by atoms with Gasteiger partial charge in [0.1, 0.15) is 13.1 Å². The van der Waals surface area contributed by atoms with Gasteiger partial charge in [0, 0.05) is 6.42 Å². The van der Waals surface area contributed by atoms with Crippen LogP contribution in [0.4, 0.5) is 0 Å². The second-order valence-electron chi connectivity index (χ2n) is 6.48. The van der Waals surface area contributed by atoms with E-state index in [9.17, 15) is 10.3 Å². The van der Waals surface area contributed by atoms with Crippen LogP contribution >= 0.6 is 0 Å². The van der Waals surface area contributed by atoms with E-state index in [4.69, 9.17) is 0 Å². The highest BCUT2D eigenvalue weighted by Gasteiger charge is 2.31. The first kappa shape index (κ1) is 24.4. The van der Waals surface area contributed by atoms with Crippen LogP contribution in [-0.4, -0.2) is 34.3 Å². The summed E-state index contributed by atoms with van der Waals surface area (Å²) in [7, 11) is 0. The third kappa shape index (κ3) is 11.7. The highest BCUT2D eigenvalue weighted by Crippen LogP contribution is 2.17. The van der Waals surface area contributed by atoms with Crippen LogP contribution in [0.15, 0.2) is 0 Å². The van der Waals surface area contributed by atoms with E-state index in [-0.39, 0.29) is 17.1 Å². The van der Waals surface area contributed by atoms with E-state index in [1.54, 1.807) is 0 Å². The van der Waals surface area contributed by atoms with Gasteiger partial charge in [-0.25, -0.2) is 5.21 Å². The van der Waals surface area contributed by atoms with E-state index < -0.39 is 6.23 Å². The van der Waals surface area contributed by atoms with Crippen molar-refractivity contribution < 1.29 is 27.4 Å². The van der Waals surface area contributed by atoms with Crippen LogP contribution in [0, 0.1) is 0 Å². The number of aliphatic hydroxyl groups is 1. The first-order valence-electron chi connectivity index (χ1n) is 9.38. The van der Waals surface area contributed by atoms with Crippen molar-refractivity contribution in [3.05, 3.63) is 0 Å². The van der Waals surface area contributed by atoms with Gasteiger partial charge >= 0.3 is 0 Å². The molecule has 0 rings (SSSR count). The van der Waals surface area contributed by atoms with Gasteiger partial charge < -0.3 is 17.5 Å². The zero-order chi connectivity index (χ0) is 16.0. The molecule has 4 heteroatoms. The van der Waals surface area contributed by atoms with Crippen molar-refractivity contribution in [2.75, 3.05) is 13.1 Å². The summed E-state index contributed by atoms with van der Waals surface area (Å²) in [4.78, 5) is 0. The zero-order valence-electron chi connectivity index (χ0n) is 15.2. The van der Waals surface area contributed by atoms with Gasteiger partial charge in [-0.3, -0.25) is 0 Å². The molecule has 0 aliphatic rings. The minimum atomic E-state index is -0.604. The Morgan fingerprint density at radius 3 is 1.68 bits per heavy atom. The average molecular weight is 338 g/mol. The van der Waals surface area contributed by atoms with Crippen molar-refractivity contribution in [2.24, 2.45) is 0 Å². The van der Waals surface area contributed by atoms with Gasteiger partial charge in [-0.15, -0.1) is 0 Å². The number of nitrogens with zero attached hydrogens (tertiary/aromatic N) is 1. The molecular formula is C18H40ClNO2. The molecule has 2 unspecified atom stereocenters. The molecule has 0 aromatic heterocycles. The Morgan fingerprint density at radius 2 is 1.18 bits per heavy atom. The lowest BCUT2D eigenvalue weighted by Crippen LogP contribution is -3.00. The molecule has 0 heterocycles. The molecule has 0 bridgehead atoms. The minimum Gasteiger partial charge on any atom is -1.00 e. The van der Waals surface area contributed by atoms with E-state index in [2.05, 4.69) is 13.8 Å². The predicted octanol–water partition coefficient (Wildman–Crippen LogP) is 2.26. The van der Waals surface area contributed by atoms with E-state index in [1.165, 1.54) is 57.8 Å². The van der Waals surface area contributed by atoms with E-state index in [1.807, 2.05) is 6.92 Å². The van der Waals surface area contributed by atoms with Crippen molar-refractivity contribution in [2.45, 2.75) is 104 Å². The fourth-order valence-corrected chi connectivity index (χ4v) is 2.85. The highest BCUT2D eigenvalue weighted by atomic mass is 35.5. The monoisotopic (exact) mass is 337 g/mol. The van der Waals surface area contributed by atoms with Crippen LogP contribution in [0.5, 0.6) is 0 Å². The Kier molecular flexibility index (Phi) is 17.8. The molecule has 136 valence electrons. The summed E-state index contributed by atoms with van der Waals surface area (Å²) in [6.07, 6.45) is 13.4. The van der Waals surface area contributed by atoms with Crippen molar-refractivity contribution in [1.29, 1.82) is 0 Å². The molecule has 0 aliphatic heterocycles. The minimum absolute atomic E-state index is 0. The van der Waals surface area contributed by atoms with E-state index in [0.29, 0.717) is 13.1 Å². The summed E-state index contributed by atoms with van der Waals surface area (Å²) in [6.45, 7) is 7.70. The fraction of sp³-hybridized carbons (Fsp3) is 1.00. The number of aliphatic hydroxyl groups excluding tert-OH is 1. The molecule has 0 spiro atoms. The van der Waals surface area contributed by atoms with Crippen molar-refractivity contribution in [1.82, 2.24) is 0 Å². The molecule has 0 radical (unpaired) electrons. The quantitative estimate of drug-likeness (QED) is 0.208. The molecular weight excluding hydrogens is 298 g/mol. The second kappa shape index (κ2) is 16.0. The summed E-state index contributed by atoms with van der Waals surface area (Å²) in [5.41, 5.74) is 0. The van der Waals surface area contributed by atoms with Gasteiger partial charge in [-0.1, -0.05) is 65.2 Å². The maximum Gasteiger partial charge on any atom is 0.220 e. The van der Waals surface area contributed by atoms with Crippen LogP contribution in [0.25, 0.3) is 0 Å². The maximum atomic E-state index is 10.6. The molecule has 22 heavy (non-hydrogen) atoms. The van der Waals surface area contributed by atoms with Crippen LogP contribution in [0.2, 0.25) is 0 Å². The normalized spacial score (nSPS) is 15.1. The van der Waals surface area contributed by atoms with Crippen molar-refractivity contribution in [3.8, 4) is 0 Å². The van der Waals surface area contributed by atoms with Gasteiger partial charge in [0.25, 0.3) is 0 Å². The molecule has 2 atom stereocenters. The summed E-state index contributed by atoms with van der Waals surface area (Å²) in [5.74, 6) is 0. The molecule has 0 aliphatic carbocycles. The fourth-order valence-electron chi connectivity index (χ4n) is 2.85. The van der Waals surface area contributed by atoms with Crippen molar-refractivity contribution >= 4 is 0 Å². The highest BCUT2D eigenvalue weighted by molar-refractivity contribution is 4.49. The molecule has 3 nitrogen and oxygen atoms in total. The number of rotatable bonds is 15. The van der Waals surface area contributed by atoms with Gasteiger partial charge in [-0.05, 0) is 26.2 Å². The standard InChI is InChI=1S/C18H40NO2.ClH/c1-4-7-9-11-13-15-17-19(21,6-3)18(20)16-14-12-10-8-5-2;/h18,20-21H,4-17H2,1-3H3;1H/q+1;/p-1. The zero-order valence-corrected chi connectivity index (χ0v) is 16.0. The Bertz CT molecular complexity index is 229. The molecule has 0 amide bonds. The van der Waals surface area contributed by atoms with Crippen LogP contribution in [0.1, 0.15) is 97.8 Å². The largest absolute Gasteiger partial charge is 1.00 e. The summed E-state index contributed by atoms with van der Waals surface area (Å²) >= 11 is 0. The third-order valence-electron chi connectivity index (χ3n) is 4.57. The Morgan fingerprint density at radius 1 is 0.727 bits per heavy atom. The van der Waals surface area contributed by atoms with Crippen LogP contribution in [0.3, 0.4) is 0 Å². The second-order valence-corrected chi connectivity index (χ2v) is 6.48. The molecule has 0 saturated carbocycles. The number of quaternary nitrogens is 1. The first-order chi connectivity index (χ1) is 10.1. The molecule has 2 N–H and O–H groups in total. The third-order valence-corrected chi connectivity index (χ3v) is 4.57. The number of unbranched alkanes of at least 4 members (excludes halogenated alkanes) is 9. The number of hydroxylamine groups is 3. The average Bonchev–Trinajstić information content (AvgIpc) is 2.50. The Balaban J connectivity index is 0. The summed E-state index contributed by atoms with van der Waals surface area (Å²) in [5, 5.41) is 20.9. The lowest BCUT2D eigenvalue weighted by atomic mass is 10.1. The smallest absolute Gasteiger partial charge is 0.220 e. The van der Waals surface area contributed by atoms with Gasteiger partial charge in [0.15, 0.2) is 0 Å². The molecule has 0 fully saturated rings.